The first-order chi connectivity index (χ1) is 48.7. The van der Waals surface area contributed by atoms with Crippen molar-refractivity contribution >= 4 is 39.5 Å². The van der Waals surface area contributed by atoms with Crippen molar-refractivity contribution in [3.8, 4) is 0 Å². The summed E-state index contributed by atoms with van der Waals surface area (Å²) in [5.74, 6) is -2.10. The third-order valence-electron chi connectivity index (χ3n) is 19.1. The Balaban J connectivity index is 5.26. The number of aliphatic hydroxyl groups is 1. The maximum atomic E-state index is 13.1. The van der Waals surface area contributed by atoms with Gasteiger partial charge in [0.05, 0.1) is 26.4 Å². The van der Waals surface area contributed by atoms with Crippen LogP contribution in [0.3, 0.4) is 0 Å². The van der Waals surface area contributed by atoms with Gasteiger partial charge >= 0.3 is 39.5 Å². The minimum atomic E-state index is -4.96. The van der Waals surface area contributed by atoms with Crippen molar-refractivity contribution in [3.05, 3.63) is 0 Å². The lowest BCUT2D eigenvalue weighted by Gasteiger charge is -2.21. The lowest BCUT2D eigenvalue weighted by Crippen LogP contribution is -2.30. The maximum absolute atomic E-state index is 13.1. The van der Waals surface area contributed by atoms with Gasteiger partial charge in [-0.2, -0.15) is 0 Å². The highest BCUT2D eigenvalue weighted by atomic mass is 31.2. The molecule has 0 bridgehead atoms. The topological polar surface area (TPSA) is 237 Å². The molecular formula is C81H158O17P2. The lowest BCUT2D eigenvalue weighted by atomic mass is 10.0. The quantitative estimate of drug-likeness (QED) is 0.0222. The Morgan fingerprint density at radius 2 is 0.400 bits per heavy atom. The number of unbranched alkanes of at least 4 members (excludes halogenated alkanes) is 56. The van der Waals surface area contributed by atoms with Crippen LogP contribution in [0.1, 0.15) is 439 Å². The Bertz CT molecular complexity index is 1890. The fourth-order valence-electron chi connectivity index (χ4n) is 12.6. The van der Waals surface area contributed by atoms with Crippen molar-refractivity contribution in [1.29, 1.82) is 0 Å². The summed E-state index contributed by atoms with van der Waals surface area (Å²) >= 11 is 0. The molecule has 0 saturated carbocycles. The molecule has 0 amide bonds. The monoisotopic (exact) mass is 1470 g/mol. The smallest absolute Gasteiger partial charge is 0.462 e. The first-order valence-electron chi connectivity index (χ1n) is 42.3. The number of hydrogen-bond donors (Lipinski definition) is 3. The van der Waals surface area contributed by atoms with Gasteiger partial charge in [-0.1, -0.05) is 387 Å². The molecule has 17 nitrogen and oxygen atoms in total. The van der Waals surface area contributed by atoms with Gasteiger partial charge < -0.3 is 33.8 Å². The Morgan fingerprint density at radius 1 is 0.240 bits per heavy atom. The number of esters is 4. The molecular weight excluding hydrogens is 1310 g/mol. The minimum absolute atomic E-state index is 0.109. The number of aliphatic hydroxyl groups excluding tert-OH is 1. The molecule has 0 aromatic carbocycles. The van der Waals surface area contributed by atoms with Crippen LogP contribution in [0.2, 0.25) is 0 Å². The number of hydrogen-bond acceptors (Lipinski definition) is 15. The maximum Gasteiger partial charge on any atom is 0.472 e. The highest BCUT2D eigenvalue weighted by Crippen LogP contribution is 2.45. The highest BCUT2D eigenvalue weighted by molar-refractivity contribution is 7.47. The molecule has 0 saturated heterocycles. The second-order valence-corrected chi connectivity index (χ2v) is 32.1. The van der Waals surface area contributed by atoms with Gasteiger partial charge in [0.1, 0.15) is 19.3 Å². The van der Waals surface area contributed by atoms with Crippen LogP contribution in [0.4, 0.5) is 0 Å². The fraction of sp³-hybridized carbons (Fsp3) is 0.951. The van der Waals surface area contributed by atoms with Crippen LogP contribution in [-0.2, 0) is 65.4 Å². The summed E-state index contributed by atoms with van der Waals surface area (Å²) in [5.41, 5.74) is 0. The minimum Gasteiger partial charge on any atom is -0.462 e. The summed E-state index contributed by atoms with van der Waals surface area (Å²) in [6, 6.07) is 0. The highest BCUT2D eigenvalue weighted by Gasteiger charge is 2.30. The molecule has 2 unspecified atom stereocenters. The average molecular weight is 1470 g/mol. The van der Waals surface area contributed by atoms with Crippen LogP contribution >= 0.6 is 15.6 Å². The lowest BCUT2D eigenvalue weighted by molar-refractivity contribution is -0.161. The Morgan fingerprint density at radius 3 is 0.590 bits per heavy atom. The number of phosphoric ester groups is 2. The van der Waals surface area contributed by atoms with E-state index < -0.39 is 97.5 Å². The van der Waals surface area contributed by atoms with E-state index in [2.05, 4.69) is 27.7 Å². The molecule has 0 aliphatic carbocycles. The zero-order chi connectivity index (χ0) is 73.2. The van der Waals surface area contributed by atoms with Crippen LogP contribution in [0.25, 0.3) is 0 Å². The number of ether oxygens (including phenoxy) is 4. The first kappa shape index (κ1) is 98.1. The summed E-state index contributed by atoms with van der Waals surface area (Å²) in [7, 11) is -9.92. The first-order valence-corrected chi connectivity index (χ1v) is 45.3. The molecule has 594 valence electrons. The van der Waals surface area contributed by atoms with E-state index in [0.29, 0.717) is 25.7 Å². The molecule has 0 spiro atoms. The van der Waals surface area contributed by atoms with Gasteiger partial charge in [-0.05, 0) is 25.7 Å². The largest absolute Gasteiger partial charge is 0.472 e. The van der Waals surface area contributed by atoms with Gasteiger partial charge in [-0.15, -0.1) is 0 Å². The molecule has 0 radical (unpaired) electrons. The van der Waals surface area contributed by atoms with E-state index in [0.717, 1.165) is 89.9 Å². The van der Waals surface area contributed by atoms with Crippen LogP contribution in [-0.4, -0.2) is 96.7 Å². The molecule has 0 aliphatic rings. The normalized spacial score (nSPS) is 13.8. The summed E-state index contributed by atoms with van der Waals surface area (Å²) in [5, 5.41) is 10.7. The van der Waals surface area contributed by atoms with E-state index in [1.54, 1.807) is 0 Å². The second-order valence-electron chi connectivity index (χ2n) is 29.2. The molecule has 0 fully saturated rings. The summed E-state index contributed by atoms with van der Waals surface area (Å²) < 4.78 is 68.8. The SMILES string of the molecule is CCCCCCCCCCCCCCCCCCCC(=O)O[C@H](COC(=O)CCCCCCCCCCCCCCC)COP(=O)(O)OC[C@H](O)COP(=O)(O)OC[C@@H](COC(=O)CCCCCCCCCCCCCCCCC)OC(=O)CCCCCCCCCCCCCCCCC. The molecule has 0 aromatic heterocycles. The predicted octanol–water partition coefficient (Wildman–Crippen LogP) is 24.6. The molecule has 5 atom stereocenters. The van der Waals surface area contributed by atoms with Crippen LogP contribution in [0, 0.1) is 0 Å². The van der Waals surface area contributed by atoms with Crippen molar-refractivity contribution < 1.29 is 80.2 Å². The van der Waals surface area contributed by atoms with Crippen LogP contribution in [0.5, 0.6) is 0 Å². The Hall–Kier alpha value is -1.94. The second kappa shape index (κ2) is 75.3. The molecule has 0 aromatic rings. The van der Waals surface area contributed by atoms with E-state index in [1.165, 1.54) is 270 Å². The molecule has 0 heterocycles. The fourth-order valence-corrected chi connectivity index (χ4v) is 14.2. The van der Waals surface area contributed by atoms with Gasteiger partial charge in [0.25, 0.3) is 0 Å². The molecule has 3 N–H and O–H groups in total. The Kier molecular flexibility index (Phi) is 73.8. The van der Waals surface area contributed by atoms with E-state index in [4.69, 9.17) is 37.0 Å². The summed E-state index contributed by atoms with van der Waals surface area (Å²) in [6.45, 7) is 5.04. The number of phosphoric acid groups is 2. The average Bonchev–Trinajstić information content (AvgIpc) is 1.13. The zero-order valence-corrected chi connectivity index (χ0v) is 67.0. The third kappa shape index (κ3) is 74.3. The van der Waals surface area contributed by atoms with Crippen molar-refractivity contribution in [2.45, 2.75) is 457 Å². The van der Waals surface area contributed by atoms with Crippen molar-refractivity contribution in [1.82, 2.24) is 0 Å². The molecule has 0 aliphatic heterocycles. The molecule has 100 heavy (non-hydrogen) atoms. The number of rotatable bonds is 82. The van der Waals surface area contributed by atoms with E-state index >= 15 is 0 Å². The van der Waals surface area contributed by atoms with Gasteiger partial charge in [-0.25, -0.2) is 9.13 Å². The predicted molar refractivity (Wildman–Crippen MR) is 409 cm³/mol. The van der Waals surface area contributed by atoms with Crippen molar-refractivity contribution in [2.24, 2.45) is 0 Å². The summed E-state index contributed by atoms with van der Waals surface area (Å²) in [6.07, 6.45) is 67.7. The number of carbonyl (C=O) groups is 4. The van der Waals surface area contributed by atoms with Crippen molar-refractivity contribution in [3.63, 3.8) is 0 Å². The van der Waals surface area contributed by atoms with Crippen molar-refractivity contribution in [2.75, 3.05) is 39.6 Å². The van der Waals surface area contributed by atoms with Gasteiger partial charge in [-0.3, -0.25) is 37.3 Å². The van der Waals surface area contributed by atoms with Gasteiger partial charge in [0.15, 0.2) is 12.2 Å². The van der Waals surface area contributed by atoms with E-state index in [-0.39, 0.29) is 25.7 Å². The van der Waals surface area contributed by atoms with Gasteiger partial charge in [0.2, 0.25) is 0 Å². The summed E-state index contributed by atoms with van der Waals surface area (Å²) in [4.78, 5) is 73.1. The van der Waals surface area contributed by atoms with E-state index in [9.17, 15) is 43.2 Å². The standard InChI is InChI=1S/C81H158O17P2/c1-5-9-13-17-21-25-29-33-36-37-40-44-48-52-56-60-64-68-81(86)98-76(71-91-78(83)65-61-57-53-49-45-41-32-28-24-20-16-12-8-4)73-95-99(87,88)93-69-75(82)70-94-100(89,90)96-74-77(97-80(85)67-63-59-55-51-47-43-39-35-31-27-23-19-15-11-7-3)72-92-79(84)66-62-58-54-50-46-42-38-34-30-26-22-18-14-10-6-2/h75-77,82H,5-74H2,1-4H3,(H,87,88)(H,89,90)/t75-,76+,77+/m0/s1. The van der Waals surface area contributed by atoms with E-state index in [1.807, 2.05) is 0 Å². The van der Waals surface area contributed by atoms with Gasteiger partial charge in [0, 0.05) is 25.7 Å². The Labute approximate surface area is 613 Å². The van der Waals surface area contributed by atoms with Crippen LogP contribution < -0.4 is 0 Å². The number of carbonyl (C=O) groups excluding carboxylic acids is 4. The molecule has 0 rings (SSSR count). The zero-order valence-electron chi connectivity index (χ0n) is 65.2. The van der Waals surface area contributed by atoms with Crippen LogP contribution in [0.15, 0.2) is 0 Å². The molecule has 19 heteroatoms. The third-order valence-corrected chi connectivity index (χ3v) is 21.0.